The molecule has 1 aromatic carbocycles. The molecule has 2 aromatic rings. The average Bonchev–Trinajstić information content (AvgIpc) is 2.98. The predicted octanol–water partition coefficient (Wildman–Crippen LogP) is 2.75. The highest BCUT2D eigenvalue weighted by Crippen LogP contribution is 2.34. The summed E-state index contributed by atoms with van der Waals surface area (Å²) in [6, 6.07) is 8.58. The van der Waals surface area contributed by atoms with Gasteiger partial charge in [-0.05, 0) is 50.8 Å². The van der Waals surface area contributed by atoms with Crippen LogP contribution >= 0.6 is 0 Å². The topological polar surface area (TPSA) is 29.9 Å². The van der Waals surface area contributed by atoms with Crippen LogP contribution in [-0.2, 0) is 13.5 Å². The molecule has 1 aliphatic carbocycles. The standard InChI is InChI=1S/C16H23N3/c1-17-11-13-7-5-6-12(13)10-15-14-8-3-4-9-16(14)19(2)18-15/h3-4,8-9,12-13,17H,5-7,10-11H2,1-2H3. The molecule has 102 valence electrons. The molecule has 1 aromatic heterocycles. The number of nitrogens with zero attached hydrogens (tertiary/aromatic N) is 2. The van der Waals surface area contributed by atoms with Crippen molar-refractivity contribution >= 4 is 10.9 Å². The SMILES string of the molecule is CNCC1CCCC1Cc1nn(C)c2ccccc12. The van der Waals surface area contributed by atoms with Gasteiger partial charge in [0.15, 0.2) is 0 Å². The van der Waals surface area contributed by atoms with Gasteiger partial charge in [0, 0.05) is 12.4 Å². The van der Waals surface area contributed by atoms with Crippen LogP contribution in [0.2, 0.25) is 0 Å². The Balaban J connectivity index is 1.85. The van der Waals surface area contributed by atoms with Gasteiger partial charge in [0.1, 0.15) is 0 Å². The van der Waals surface area contributed by atoms with Gasteiger partial charge < -0.3 is 5.32 Å². The van der Waals surface area contributed by atoms with Crippen molar-refractivity contribution in [2.45, 2.75) is 25.7 Å². The summed E-state index contributed by atoms with van der Waals surface area (Å²) >= 11 is 0. The minimum Gasteiger partial charge on any atom is -0.319 e. The van der Waals surface area contributed by atoms with Gasteiger partial charge in [0.2, 0.25) is 0 Å². The molecular weight excluding hydrogens is 234 g/mol. The Bertz CT molecular complexity index is 558. The average molecular weight is 257 g/mol. The summed E-state index contributed by atoms with van der Waals surface area (Å²) in [5.41, 5.74) is 2.53. The van der Waals surface area contributed by atoms with Gasteiger partial charge in [-0.3, -0.25) is 4.68 Å². The Morgan fingerprint density at radius 1 is 1.26 bits per heavy atom. The number of rotatable bonds is 4. The van der Waals surface area contributed by atoms with Crippen LogP contribution in [0.25, 0.3) is 10.9 Å². The first-order valence-electron chi connectivity index (χ1n) is 7.35. The second-order valence-electron chi connectivity index (χ2n) is 5.80. The fourth-order valence-corrected chi connectivity index (χ4v) is 3.60. The van der Waals surface area contributed by atoms with E-state index in [1.165, 1.54) is 35.9 Å². The van der Waals surface area contributed by atoms with Crippen LogP contribution in [0.15, 0.2) is 24.3 Å². The summed E-state index contributed by atoms with van der Waals surface area (Å²) in [5.74, 6) is 1.62. The van der Waals surface area contributed by atoms with Crippen molar-refractivity contribution in [2.24, 2.45) is 18.9 Å². The van der Waals surface area contributed by atoms with E-state index in [0.717, 1.165) is 24.8 Å². The summed E-state index contributed by atoms with van der Waals surface area (Å²) in [6.45, 7) is 1.15. The maximum Gasteiger partial charge on any atom is 0.0706 e. The van der Waals surface area contributed by atoms with Gasteiger partial charge in [0.05, 0.1) is 11.2 Å². The molecule has 0 bridgehead atoms. The van der Waals surface area contributed by atoms with Crippen LogP contribution in [0.4, 0.5) is 0 Å². The van der Waals surface area contributed by atoms with Crippen molar-refractivity contribution in [2.75, 3.05) is 13.6 Å². The second kappa shape index (κ2) is 5.33. The number of hydrogen-bond acceptors (Lipinski definition) is 2. The van der Waals surface area contributed by atoms with Gasteiger partial charge in [-0.15, -0.1) is 0 Å². The van der Waals surface area contributed by atoms with Crippen LogP contribution < -0.4 is 5.32 Å². The zero-order valence-electron chi connectivity index (χ0n) is 11.9. The van der Waals surface area contributed by atoms with Crippen molar-refractivity contribution in [3.8, 4) is 0 Å². The van der Waals surface area contributed by atoms with Gasteiger partial charge in [-0.25, -0.2) is 0 Å². The third kappa shape index (κ3) is 2.39. The third-order valence-corrected chi connectivity index (χ3v) is 4.57. The Morgan fingerprint density at radius 2 is 2.05 bits per heavy atom. The summed E-state index contributed by atoms with van der Waals surface area (Å²) < 4.78 is 2.02. The molecule has 3 rings (SSSR count). The molecule has 2 unspecified atom stereocenters. The third-order valence-electron chi connectivity index (χ3n) is 4.57. The maximum absolute atomic E-state index is 4.74. The predicted molar refractivity (Wildman–Crippen MR) is 79.2 cm³/mol. The van der Waals surface area contributed by atoms with Gasteiger partial charge >= 0.3 is 0 Å². The molecule has 0 spiro atoms. The van der Waals surface area contributed by atoms with E-state index < -0.39 is 0 Å². The molecule has 1 fully saturated rings. The van der Waals surface area contributed by atoms with E-state index in [2.05, 4.69) is 36.6 Å². The molecular formula is C16H23N3. The summed E-state index contributed by atoms with van der Waals surface area (Å²) in [4.78, 5) is 0. The van der Waals surface area contributed by atoms with Crippen LogP contribution in [0.5, 0.6) is 0 Å². The molecule has 0 radical (unpaired) electrons. The molecule has 3 heteroatoms. The molecule has 0 amide bonds. The Hall–Kier alpha value is -1.35. The molecule has 3 nitrogen and oxygen atoms in total. The van der Waals surface area contributed by atoms with Gasteiger partial charge in [-0.2, -0.15) is 5.10 Å². The molecule has 0 aliphatic heterocycles. The molecule has 1 N–H and O–H groups in total. The fourth-order valence-electron chi connectivity index (χ4n) is 3.60. The van der Waals surface area contributed by atoms with Crippen LogP contribution in [0, 0.1) is 11.8 Å². The molecule has 19 heavy (non-hydrogen) atoms. The van der Waals surface area contributed by atoms with Crippen LogP contribution in [0.3, 0.4) is 0 Å². The zero-order chi connectivity index (χ0) is 13.2. The number of benzene rings is 1. The lowest BCUT2D eigenvalue weighted by atomic mass is 9.91. The molecule has 1 saturated carbocycles. The normalized spacial score (nSPS) is 23.3. The van der Waals surface area contributed by atoms with E-state index in [1.807, 2.05) is 11.7 Å². The summed E-state index contributed by atoms with van der Waals surface area (Å²) in [7, 11) is 4.11. The monoisotopic (exact) mass is 257 g/mol. The van der Waals surface area contributed by atoms with Crippen LogP contribution in [-0.4, -0.2) is 23.4 Å². The quantitative estimate of drug-likeness (QED) is 0.912. The van der Waals surface area contributed by atoms with Crippen molar-refractivity contribution < 1.29 is 0 Å². The van der Waals surface area contributed by atoms with E-state index in [0.29, 0.717) is 0 Å². The van der Waals surface area contributed by atoms with Gasteiger partial charge in [0.25, 0.3) is 0 Å². The fraction of sp³-hybridized carbons (Fsp3) is 0.562. The minimum absolute atomic E-state index is 0.797. The van der Waals surface area contributed by atoms with Crippen molar-refractivity contribution in [3.05, 3.63) is 30.0 Å². The second-order valence-corrected chi connectivity index (χ2v) is 5.80. The van der Waals surface area contributed by atoms with E-state index in [1.54, 1.807) is 0 Å². The number of nitrogens with one attached hydrogen (secondary N) is 1. The number of fused-ring (bicyclic) bond motifs is 1. The Labute approximate surface area is 115 Å². The number of aromatic nitrogens is 2. The summed E-state index contributed by atoms with van der Waals surface area (Å²) in [5, 5.41) is 9.42. The molecule has 2 atom stereocenters. The minimum atomic E-state index is 0.797. The lowest BCUT2D eigenvalue weighted by Gasteiger charge is -2.18. The molecule has 1 aliphatic rings. The van der Waals surface area contributed by atoms with E-state index >= 15 is 0 Å². The zero-order valence-corrected chi connectivity index (χ0v) is 11.9. The number of aryl methyl sites for hydroxylation is 1. The number of para-hydroxylation sites is 1. The van der Waals surface area contributed by atoms with Crippen molar-refractivity contribution in [1.29, 1.82) is 0 Å². The maximum atomic E-state index is 4.74. The van der Waals surface area contributed by atoms with Crippen LogP contribution in [0.1, 0.15) is 25.0 Å². The first-order valence-corrected chi connectivity index (χ1v) is 7.35. The highest BCUT2D eigenvalue weighted by atomic mass is 15.3. The largest absolute Gasteiger partial charge is 0.319 e. The van der Waals surface area contributed by atoms with Crippen molar-refractivity contribution in [1.82, 2.24) is 15.1 Å². The molecule has 0 saturated heterocycles. The lowest BCUT2D eigenvalue weighted by Crippen LogP contribution is -2.23. The van der Waals surface area contributed by atoms with Crippen molar-refractivity contribution in [3.63, 3.8) is 0 Å². The Kier molecular flexibility index (Phi) is 3.56. The van der Waals surface area contributed by atoms with E-state index in [4.69, 9.17) is 5.10 Å². The molecule has 1 heterocycles. The summed E-state index contributed by atoms with van der Waals surface area (Å²) in [6.07, 6.45) is 5.24. The smallest absolute Gasteiger partial charge is 0.0706 e. The van der Waals surface area contributed by atoms with E-state index in [-0.39, 0.29) is 0 Å². The number of hydrogen-bond donors (Lipinski definition) is 1. The highest BCUT2D eigenvalue weighted by Gasteiger charge is 2.28. The first-order chi connectivity index (χ1) is 9.29. The van der Waals surface area contributed by atoms with Gasteiger partial charge in [-0.1, -0.05) is 24.6 Å². The highest BCUT2D eigenvalue weighted by molar-refractivity contribution is 5.81. The first kappa shape index (κ1) is 12.7. The Morgan fingerprint density at radius 3 is 2.89 bits per heavy atom. The lowest BCUT2D eigenvalue weighted by molar-refractivity contribution is 0.372. The van der Waals surface area contributed by atoms with E-state index in [9.17, 15) is 0 Å².